The van der Waals surface area contributed by atoms with E-state index in [2.05, 4.69) is 11.1 Å². The van der Waals surface area contributed by atoms with Gasteiger partial charge in [0.1, 0.15) is 0 Å². The topological polar surface area (TPSA) is 138 Å². The summed E-state index contributed by atoms with van der Waals surface area (Å²) in [5.74, 6) is 0. The second-order valence-corrected chi connectivity index (χ2v) is 6.87. The molecule has 0 aromatic carbocycles. The van der Waals surface area contributed by atoms with Gasteiger partial charge in [0.05, 0.1) is 6.61 Å². The summed E-state index contributed by atoms with van der Waals surface area (Å²) in [6, 6.07) is 0. The molecule has 0 aromatic heterocycles. The number of rotatable bonds is 12. The normalized spacial score (nSPS) is 10.8. The van der Waals surface area contributed by atoms with Gasteiger partial charge < -0.3 is 0 Å². The zero-order valence-electron chi connectivity index (χ0n) is 13.4. The van der Waals surface area contributed by atoms with E-state index >= 15 is 0 Å². The van der Waals surface area contributed by atoms with Crippen molar-refractivity contribution in [2.75, 3.05) is 6.61 Å². The molecule has 8 nitrogen and oxygen atoms in total. The van der Waals surface area contributed by atoms with Gasteiger partial charge in [-0.3, -0.25) is 13.7 Å². The molecule has 3 N–H and O–H groups in total. The van der Waals surface area contributed by atoms with Crippen LogP contribution in [-0.2, 0) is 42.0 Å². The monoisotopic (exact) mass is 449 g/mol. The Kier molecular flexibility index (Phi) is 27.2. The molecular weight excluding hydrogens is 418 g/mol. The van der Waals surface area contributed by atoms with E-state index in [1.165, 1.54) is 44.9 Å². The third-order valence-corrected chi connectivity index (χ3v) is 3.19. The second kappa shape index (κ2) is 20.1. The molecule has 0 bridgehead atoms. The van der Waals surface area contributed by atoms with E-state index in [4.69, 9.17) is 22.1 Å². The number of hydrogen-bond acceptors (Lipinski definition) is 5. The molecule has 0 saturated heterocycles. The third kappa shape index (κ3) is 49.5. The van der Waals surface area contributed by atoms with E-state index in [1.807, 2.05) is 0 Å². The van der Waals surface area contributed by atoms with Gasteiger partial charge in [-0.15, -0.1) is 0 Å². The molecule has 0 spiro atoms. The van der Waals surface area contributed by atoms with Crippen molar-refractivity contribution >= 4 is 38.2 Å². The second-order valence-electron chi connectivity index (χ2n) is 4.88. The number of unbranched alkanes of at least 4 members (excludes halogenated alkanes) is 9. The van der Waals surface area contributed by atoms with Crippen LogP contribution < -0.4 is 0 Å². The molecule has 12 heteroatoms. The Morgan fingerprint density at radius 2 is 1.00 bits per heavy atom. The Bertz CT molecular complexity index is 434. The van der Waals surface area contributed by atoms with Crippen LogP contribution in [0.25, 0.3) is 0 Å². The fourth-order valence-corrected chi connectivity index (χ4v) is 2.08. The molecule has 0 fully saturated rings. The van der Waals surface area contributed by atoms with Gasteiger partial charge in [0, 0.05) is 17.1 Å². The first kappa shape index (κ1) is 32.5. The smallest absolute Gasteiger partial charge is 0.264 e. The first-order chi connectivity index (χ1) is 10.1. The van der Waals surface area contributed by atoms with Crippen LogP contribution in [0.4, 0.5) is 0 Å². The molecule has 0 aliphatic rings. The van der Waals surface area contributed by atoms with Crippen LogP contribution in [0.3, 0.4) is 0 Å². The fourth-order valence-electron chi connectivity index (χ4n) is 1.75. The van der Waals surface area contributed by atoms with Crippen molar-refractivity contribution in [1.82, 2.24) is 0 Å². The average molecular weight is 449 g/mol. The summed E-state index contributed by atoms with van der Waals surface area (Å²) in [7, 11) is -8.90. The zero-order valence-corrected chi connectivity index (χ0v) is 16.2. The SMILES string of the molecule is CCCCCCCCCCCCOS(=O)(=O)O.O=S(=O)(O)O.[AlH3].[Mn]. The minimum Gasteiger partial charge on any atom is -0.264 e. The predicted octanol–water partition coefficient (Wildman–Crippen LogP) is 1.89. The van der Waals surface area contributed by atoms with Crippen LogP contribution in [0, 0.1) is 0 Å². The molecule has 0 amide bonds. The van der Waals surface area contributed by atoms with E-state index in [9.17, 15) is 8.42 Å². The molecule has 149 valence electrons. The molecule has 0 aliphatic heterocycles. The standard InChI is InChI=1S/C12H26O4S.Al.Mn.H2O4S.3H/c1-2-3-4-5-6-7-8-9-10-11-12-16-17(13,14)15;;;1-5(2,3)4;;;/h2-12H2,1H3,(H,13,14,15);;;(H2,1,2,3,4);;;. The van der Waals surface area contributed by atoms with Gasteiger partial charge in [0.15, 0.2) is 17.4 Å². The molecule has 24 heavy (non-hydrogen) atoms. The Hall–Kier alpha value is 0.792. The minimum absolute atomic E-state index is 0. The molecule has 0 rings (SSSR count). The van der Waals surface area contributed by atoms with Crippen LogP contribution in [0.15, 0.2) is 0 Å². The van der Waals surface area contributed by atoms with Gasteiger partial charge in [-0.1, -0.05) is 64.7 Å². The van der Waals surface area contributed by atoms with Gasteiger partial charge in [-0.05, 0) is 6.42 Å². The summed E-state index contributed by atoms with van der Waals surface area (Å²) in [5, 5.41) is 0. The summed E-state index contributed by atoms with van der Waals surface area (Å²) >= 11 is 0. The molecule has 0 aromatic rings. The number of hydrogen-bond donors (Lipinski definition) is 3. The summed E-state index contributed by atoms with van der Waals surface area (Å²) in [5.41, 5.74) is 0. The first-order valence-corrected chi connectivity index (χ1v) is 10.1. The third-order valence-electron chi connectivity index (χ3n) is 2.73. The van der Waals surface area contributed by atoms with Gasteiger partial charge in [-0.2, -0.15) is 16.8 Å². The predicted molar refractivity (Wildman–Crippen MR) is 93.5 cm³/mol. The molecule has 0 saturated carbocycles. The van der Waals surface area contributed by atoms with Crippen LogP contribution in [-0.4, -0.2) is 54.5 Å². The molecule has 0 atom stereocenters. The van der Waals surface area contributed by atoms with Gasteiger partial charge in [0.2, 0.25) is 0 Å². The summed E-state index contributed by atoms with van der Waals surface area (Å²) in [4.78, 5) is 0. The van der Waals surface area contributed by atoms with Crippen molar-refractivity contribution in [3.8, 4) is 0 Å². The van der Waals surface area contributed by atoms with E-state index in [0.717, 1.165) is 12.8 Å². The largest absolute Gasteiger partial charge is 0.397 e. The quantitative estimate of drug-likeness (QED) is 0.233. The molecular formula is C12H31AlMnO8S2. The molecule has 0 unspecified atom stereocenters. The molecule has 1 radical (unpaired) electrons. The van der Waals surface area contributed by atoms with Crippen LogP contribution in [0.5, 0.6) is 0 Å². The van der Waals surface area contributed by atoms with Crippen molar-refractivity contribution in [2.24, 2.45) is 0 Å². The Morgan fingerprint density at radius 3 is 1.29 bits per heavy atom. The van der Waals surface area contributed by atoms with Crippen LogP contribution >= 0.6 is 0 Å². The summed E-state index contributed by atoms with van der Waals surface area (Å²) in [6.07, 6.45) is 11.9. The minimum atomic E-state index is -4.67. The maximum Gasteiger partial charge on any atom is 0.397 e. The maximum absolute atomic E-state index is 10.2. The van der Waals surface area contributed by atoms with Crippen molar-refractivity contribution in [1.29, 1.82) is 0 Å². The molecule has 0 heterocycles. The Balaban J connectivity index is -0.000000250. The van der Waals surface area contributed by atoms with E-state index in [1.54, 1.807) is 0 Å². The summed E-state index contributed by atoms with van der Waals surface area (Å²) < 4.78 is 64.6. The van der Waals surface area contributed by atoms with Crippen LogP contribution in [0.1, 0.15) is 71.1 Å². The van der Waals surface area contributed by atoms with Gasteiger partial charge >= 0.3 is 20.8 Å². The van der Waals surface area contributed by atoms with Gasteiger partial charge in [-0.25, -0.2) is 4.18 Å². The van der Waals surface area contributed by atoms with Crippen molar-refractivity contribution < 1.29 is 51.7 Å². The Labute approximate surface area is 167 Å². The van der Waals surface area contributed by atoms with Crippen molar-refractivity contribution in [2.45, 2.75) is 71.1 Å². The van der Waals surface area contributed by atoms with E-state index < -0.39 is 20.8 Å². The fraction of sp³-hybridized carbons (Fsp3) is 1.00. The molecule has 0 aliphatic carbocycles. The van der Waals surface area contributed by atoms with Crippen molar-refractivity contribution in [3.05, 3.63) is 0 Å². The van der Waals surface area contributed by atoms with Crippen LogP contribution in [0.2, 0.25) is 0 Å². The van der Waals surface area contributed by atoms with E-state index in [0.29, 0.717) is 6.42 Å². The Morgan fingerprint density at radius 1 is 0.708 bits per heavy atom. The zero-order chi connectivity index (χ0) is 17.5. The van der Waals surface area contributed by atoms with Gasteiger partial charge in [0.25, 0.3) is 0 Å². The first-order valence-electron chi connectivity index (χ1n) is 7.38. The summed E-state index contributed by atoms with van der Waals surface area (Å²) in [6.45, 7) is 2.31. The average Bonchev–Trinajstić information content (AvgIpc) is 2.32. The maximum atomic E-state index is 10.2. The van der Waals surface area contributed by atoms with E-state index in [-0.39, 0.29) is 41.0 Å². The van der Waals surface area contributed by atoms with Crippen molar-refractivity contribution in [3.63, 3.8) is 0 Å².